The standard InChI is InChI=1S/C12H22N4O2S/c1-15-10-7-14-12(15)3-6-13-11-4-8-16(9-5-11)19(2,17)18/h7,10-11,13H,3-6,8-9H2,1-2H3. The molecule has 2 heterocycles. The van der Waals surface area contributed by atoms with Crippen LogP contribution in [0.1, 0.15) is 18.7 Å². The van der Waals surface area contributed by atoms with E-state index in [9.17, 15) is 8.42 Å². The van der Waals surface area contributed by atoms with Gasteiger partial charge in [-0.25, -0.2) is 17.7 Å². The Morgan fingerprint density at radius 1 is 1.42 bits per heavy atom. The average Bonchev–Trinajstić information content (AvgIpc) is 2.75. The van der Waals surface area contributed by atoms with Crippen molar-refractivity contribution in [1.82, 2.24) is 19.2 Å². The number of aryl methyl sites for hydroxylation is 1. The summed E-state index contributed by atoms with van der Waals surface area (Å²) in [5, 5.41) is 3.48. The minimum Gasteiger partial charge on any atom is -0.338 e. The Bertz CT molecular complexity index is 504. The highest BCUT2D eigenvalue weighted by Gasteiger charge is 2.24. The molecular weight excluding hydrogens is 264 g/mol. The van der Waals surface area contributed by atoms with Crippen molar-refractivity contribution in [2.24, 2.45) is 7.05 Å². The van der Waals surface area contributed by atoms with Crippen LogP contribution in [0.5, 0.6) is 0 Å². The third-order valence-electron chi connectivity index (χ3n) is 3.63. The first-order valence-electron chi connectivity index (χ1n) is 6.61. The molecule has 0 aliphatic carbocycles. The van der Waals surface area contributed by atoms with Crippen LogP contribution in [0, 0.1) is 0 Å². The number of rotatable bonds is 5. The van der Waals surface area contributed by atoms with Crippen molar-refractivity contribution in [3.63, 3.8) is 0 Å². The van der Waals surface area contributed by atoms with Crippen LogP contribution in [-0.2, 0) is 23.5 Å². The Balaban J connectivity index is 1.70. The van der Waals surface area contributed by atoms with E-state index in [0.717, 1.165) is 31.6 Å². The lowest BCUT2D eigenvalue weighted by molar-refractivity contribution is 0.291. The van der Waals surface area contributed by atoms with Crippen LogP contribution in [0.15, 0.2) is 12.4 Å². The van der Waals surface area contributed by atoms with Crippen molar-refractivity contribution >= 4 is 10.0 Å². The summed E-state index contributed by atoms with van der Waals surface area (Å²) >= 11 is 0. The first-order valence-corrected chi connectivity index (χ1v) is 8.46. The molecule has 6 nitrogen and oxygen atoms in total. The van der Waals surface area contributed by atoms with Gasteiger partial charge in [-0.15, -0.1) is 0 Å². The number of aromatic nitrogens is 2. The summed E-state index contributed by atoms with van der Waals surface area (Å²) < 4.78 is 26.4. The highest BCUT2D eigenvalue weighted by atomic mass is 32.2. The molecular formula is C12H22N4O2S. The minimum absolute atomic E-state index is 0.415. The molecule has 0 atom stereocenters. The van der Waals surface area contributed by atoms with Gasteiger partial charge in [-0.3, -0.25) is 0 Å². The molecule has 1 fully saturated rings. The molecule has 0 spiro atoms. The topological polar surface area (TPSA) is 67.2 Å². The maximum atomic E-state index is 11.4. The summed E-state index contributed by atoms with van der Waals surface area (Å²) in [6, 6.07) is 0.415. The van der Waals surface area contributed by atoms with E-state index in [1.165, 1.54) is 6.26 Å². The van der Waals surface area contributed by atoms with Crippen LogP contribution < -0.4 is 5.32 Å². The van der Waals surface area contributed by atoms with Crippen LogP contribution in [0.2, 0.25) is 0 Å². The summed E-state index contributed by atoms with van der Waals surface area (Å²) in [5.74, 6) is 1.07. The van der Waals surface area contributed by atoms with E-state index in [1.807, 2.05) is 17.8 Å². The molecule has 0 unspecified atom stereocenters. The van der Waals surface area contributed by atoms with E-state index < -0.39 is 10.0 Å². The van der Waals surface area contributed by atoms with Crippen LogP contribution in [0.4, 0.5) is 0 Å². The van der Waals surface area contributed by atoms with Crippen molar-refractivity contribution in [2.45, 2.75) is 25.3 Å². The normalized spacial score (nSPS) is 18.8. The summed E-state index contributed by atoms with van der Waals surface area (Å²) in [4.78, 5) is 4.28. The lowest BCUT2D eigenvalue weighted by Gasteiger charge is -2.30. The second-order valence-corrected chi connectivity index (χ2v) is 7.08. The zero-order valence-electron chi connectivity index (χ0n) is 11.5. The lowest BCUT2D eigenvalue weighted by atomic mass is 10.1. The van der Waals surface area contributed by atoms with Crippen molar-refractivity contribution in [3.8, 4) is 0 Å². The monoisotopic (exact) mass is 286 g/mol. The van der Waals surface area contributed by atoms with E-state index in [0.29, 0.717) is 19.1 Å². The number of nitrogens with zero attached hydrogens (tertiary/aromatic N) is 3. The number of piperidine rings is 1. The van der Waals surface area contributed by atoms with Gasteiger partial charge in [-0.05, 0) is 12.8 Å². The fourth-order valence-electron chi connectivity index (χ4n) is 2.42. The fourth-order valence-corrected chi connectivity index (χ4v) is 3.29. The Kier molecular flexibility index (Phi) is 4.59. The van der Waals surface area contributed by atoms with E-state index >= 15 is 0 Å². The van der Waals surface area contributed by atoms with Crippen LogP contribution in [0.25, 0.3) is 0 Å². The zero-order chi connectivity index (χ0) is 13.9. The smallest absolute Gasteiger partial charge is 0.211 e. The van der Waals surface area contributed by atoms with Gasteiger partial charge < -0.3 is 9.88 Å². The third-order valence-corrected chi connectivity index (χ3v) is 4.93. The molecule has 1 aromatic heterocycles. The maximum Gasteiger partial charge on any atom is 0.211 e. The van der Waals surface area contributed by atoms with Gasteiger partial charge in [0.25, 0.3) is 0 Å². The highest BCUT2D eigenvalue weighted by molar-refractivity contribution is 7.88. The van der Waals surface area contributed by atoms with Crippen molar-refractivity contribution in [2.75, 3.05) is 25.9 Å². The van der Waals surface area contributed by atoms with Gasteiger partial charge in [0.2, 0.25) is 10.0 Å². The SMILES string of the molecule is Cn1ccnc1CCNC1CCN(S(C)(=O)=O)CC1. The highest BCUT2D eigenvalue weighted by Crippen LogP contribution is 2.13. The third kappa shape index (κ3) is 4.02. The largest absolute Gasteiger partial charge is 0.338 e. The van der Waals surface area contributed by atoms with Gasteiger partial charge in [0, 0.05) is 51.5 Å². The van der Waals surface area contributed by atoms with E-state index in [4.69, 9.17) is 0 Å². The summed E-state index contributed by atoms with van der Waals surface area (Å²) in [6.07, 6.45) is 7.69. The second-order valence-electron chi connectivity index (χ2n) is 5.09. The van der Waals surface area contributed by atoms with Crippen LogP contribution in [-0.4, -0.2) is 54.2 Å². The molecule has 0 bridgehead atoms. The summed E-state index contributed by atoms with van der Waals surface area (Å²) in [7, 11) is -1.03. The van der Waals surface area contributed by atoms with Crippen molar-refractivity contribution in [3.05, 3.63) is 18.2 Å². The molecule has 1 saturated heterocycles. The Labute approximate surface area is 114 Å². The predicted molar refractivity (Wildman–Crippen MR) is 74.4 cm³/mol. The Hall–Kier alpha value is -0.920. The van der Waals surface area contributed by atoms with Gasteiger partial charge in [0.1, 0.15) is 5.82 Å². The number of hydrogen-bond donors (Lipinski definition) is 1. The molecule has 1 N–H and O–H groups in total. The minimum atomic E-state index is -3.02. The van der Waals surface area contributed by atoms with Gasteiger partial charge in [0.15, 0.2) is 0 Å². The van der Waals surface area contributed by atoms with Gasteiger partial charge in [0.05, 0.1) is 6.26 Å². The molecule has 0 aromatic carbocycles. The van der Waals surface area contributed by atoms with Gasteiger partial charge in [-0.1, -0.05) is 0 Å². The van der Waals surface area contributed by atoms with E-state index in [-0.39, 0.29) is 0 Å². The van der Waals surface area contributed by atoms with Crippen molar-refractivity contribution < 1.29 is 8.42 Å². The number of nitrogens with one attached hydrogen (secondary N) is 1. The fraction of sp³-hybridized carbons (Fsp3) is 0.750. The number of sulfonamides is 1. The molecule has 19 heavy (non-hydrogen) atoms. The molecule has 108 valence electrons. The van der Waals surface area contributed by atoms with E-state index in [1.54, 1.807) is 10.5 Å². The predicted octanol–water partition coefficient (Wildman–Crippen LogP) is -0.0238. The molecule has 0 amide bonds. The molecule has 0 saturated carbocycles. The van der Waals surface area contributed by atoms with Crippen LogP contribution >= 0.6 is 0 Å². The number of imidazole rings is 1. The molecule has 1 aliphatic heterocycles. The van der Waals surface area contributed by atoms with Crippen LogP contribution in [0.3, 0.4) is 0 Å². The zero-order valence-corrected chi connectivity index (χ0v) is 12.4. The summed E-state index contributed by atoms with van der Waals surface area (Å²) in [5.41, 5.74) is 0. The Morgan fingerprint density at radius 3 is 2.63 bits per heavy atom. The summed E-state index contributed by atoms with van der Waals surface area (Å²) in [6.45, 7) is 2.13. The molecule has 7 heteroatoms. The number of hydrogen-bond acceptors (Lipinski definition) is 4. The molecule has 2 rings (SSSR count). The van der Waals surface area contributed by atoms with Gasteiger partial charge in [-0.2, -0.15) is 0 Å². The maximum absolute atomic E-state index is 11.4. The first-order chi connectivity index (χ1) is 8.97. The van der Waals surface area contributed by atoms with Gasteiger partial charge >= 0.3 is 0 Å². The first kappa shape index (κ1) is 14.5. The lowest BCUT2D eigenvalue weighted by Crippen LogP contribution is -2.45. The second kappa shape index (κ2) is 6.02. The molecule has 1 aliphatic rings. The quantitative estimate of drug-likeness (QED) is 0.826. The molecule has 0 radical (unpaired) electrons. The van der Waals surface area contributed by atoms with E-state index in [2.05, 4.69) is 10.3 Å². The Morgan fingerprint density at radius 2 is 2.11 bits per heavy atom. The molecule has 1 aromatic rings. The van der Waals surface area contributed by atoms with Crippen molar-refractivity contribution in [1.29, 1.82) is 0 Å². The average molecular weight is 286 g/mol.